The molecule has 0 aliphatic carbocycles. The SMILES string of the molecule is CCC(C)(C)CNC(=O)C(CC)(CC)C(N)=S. The molecule has 4 heteroatoms. The van der Waals surface area contributed by atoms with Crippen LogP contribution in [0.15, 0.2) is 0 Å². The molecule has 3 nitrogen and oxygen atoms in total. The van der Waals surface area contributed by atoms with Crippen molar-refractivity contribution >= 4 is 23.1 Å². The highest BCUT2D eigenvalue weighted by Crippen LogP contribution is 2.28. The van der Waals surface area contributed by atoms with Gasteiger partial charge in [-0.05, 0) is 24.7 Å². The number of hydrogen-bond acceptors (Lipinski definition) is 2. The van der Waals surface area contributed by atoms with Crippen LogP contribution in [0.5, 0.6) is 0 Å². The third kappa shape index (κ3) is 3.95. The van der Waals surface area contributed by atoms with E-state index in [0.717, 1.165) is 6.42 Å². The fourth-order valence-corrected chi connectivity index (χ4v) is 2.03. The summed E-state index contributed by atoms with van der Waals surface area (Å²) < 4.78 is 0. The van der Waals surface area contributed by atoms with Crippen LogP contribution in [0.25, 0.3) is 0 Å². The van der Waals surface area contributed by atoms with E-state index in [9.17, 15) is 4.79 Å². The van der Waals surface area contributed by atoms with Gasteiger partial charge in [-0.3, -0.25) is 4.79 Å². The molecule has 0 spiro atoms. The summed E-state index contributed by atoms with van der Waals surface area (Å²) in [7, 11) is 0. The summed E-state index contributed by atoms with van der Waals surface area (Å²) in [5.74, 6) is -0.0310. The van der Waals surface area contributed by atoms with Crippen LogP contribution in [0.2, 0.25) is 0 Å². The second kappa shape index (κ2) is 6.34. The summed E-state index contributed by atoms with van der Waals surface area (Å²) in [5.41, 5.74) is 5.16. The van der Waals surface area contributed by atoms with Gasteiger partial charge in [0.05, 0.1) is 10.4 Å². The van der Waals surface area contributed by atoms with E-state index in [2.05, 4.69) is 26.1 Å². The summed E-state index contributed by atoms with van der Waals surface area (Å²) in [6, 6.07) is 0. The Morgan fingerprint density at radius 2 is 1.65 bits per heavy atom. The fraction of sp³-hybridized carbons (Fsp3) is 0.846. The second-order valence-electron chi connectivity index (χ2n) is 5.35. The summed E-state index contributed by atoms with van der Waals surface area (Å²) in [6.07, 6.45) is 2.32. The van der Waals surface area contributed by atoms with E-state index in [-0.39, 0.29) is 11.3 Å². The summed E-state index contributed by atoms with van der Waals surface area (Å²) in [6.45, 7) is 10.9. The molecule has 0 radical (unpaired) electrons. The van der Waals surface area contributed by atoms with Crippen molar-refractivity contribution in [3.63, 3.8) is 0 Å². The van der Waals surface area contributed by atoms with Crippen molar-refractivity contribution < 1.29 is 4.79 Å². The predicted molar refractivity (Wildman–Crippen MR) is 76.9 cm³/mol. The largest absolute Gasteiger partial charge is 0.392 e. The number of thiocarbonyl (C=S) groups is 1. The maximum Gasteiger partial charge on any atom is 0.233 e. The second-order valence-corrected chi connectivity index (χ2v) is 5.79. The molecule has 0 heterocycles. The minimum atomic E-state index is -0.681. The first-order valence-corrected chi connectivity index (χ1v) is 6.74. The van der Waals surface area contributed by atoms with Gasteiger partial charge in [0.15, 0.2) is 0 Å². The highest BCUT2D eigenvalue weighted by Gasteiger charge is 2.38. The van der Waals surface area contributed by atoms with Crippen LogP contribution in [0.3, 0.4) is 0 Å². The number of carbonyl (C=O) groups is 1. The zero-order chi connectivity index (χ0) is 13.7. The molecule has 0 aliphatic rings. The van der Waals surface area contributed by atoms with Crippen LogP contribution >= 0.6 is 12.2 Å². The molecule has 0 unspecified atom stereocenters. The van der Waals surface area contributed by atoms with Crippen LogP contribution in [0.4, 0.5) is 0 Å². The van der Waals surface area contributed by atoms with Crippen molar-refractivity contribution in [1.29, 1.82) is 0 Å². The number of carbonyl (C=O) groups excluding carboxylic acids is 1. The van der Waals surface area contributed by atoms with Crippen LogP contribution in [0.1, 0.15) is 53.9 Å². The number of amides is 1. The number of hydrogen-bond donors (Lipinski definition) is 2. The van der Waals surface area contributed by atoms with Crippen molar-refractivity contribution in [1.82, 2.24) is 5.32 Å². The quantitative estimate of drug-likeness (QED) is 0.690. The Labute approximate surface area is 111 Å². The molecule has 0 atom stereocenters. The van der Waals surface area contributed by atoms with Crippen molar-refractivity contribution in [2.75, 3.05) is 6.54 Å². The van der Waals surface area contributed by atoms with Gasteiger partial charge in [-0.25, -0.2) is 0 Å². The molecular weight excluding hydrogens is 232 g/mol. The van der Waals surface area contributed by atoms with E-state index >= 15 is 0 Å². The Balaban J connectivity index is 4.72. The van der Waals surface area contributed by atoms with Crippen LogP contribution in [-0.2, 0) is 4.79 Å². The lowest BCUT2D eigenvalue weighted by atomic mass is 9.80. The average molecular weight is 258 g/mol. The van der Waals surface area contributed by atoms with Gasteiger partial charge < -0.3 is 11.1 Å². The Bertz CT molecular complexity index is 283. The Morgan fingerprint density at radius 1 is 1.18 bits per heavy atom. The van der Waals surface area contributed by atoms with E-state index in [1.54, 1.807) is 0 Å². The zero-order valence-electron chi connectivity index (χ0n) is 11.7. The highest BCUT2D eigenvalue weighted by molar-refractivity contribution is 7.80. The lowest BCUT2D eigenvalue weighted by molar-refractivity contribution is -0.128. The molecule has 0 aromatic rings. The minimum Gasteiger partial charge on any atom is -0.392 e. The van der Waals surface area contributed by atoms with E-state index < -0.39 is 5.41 Å². The molecule has 0 saturated heterocycles. The molecule has 0 bridgehead atoms. The molecule has 1 amide bonds. The summed E-state index contributed by atoms with van der Waals surface area (Å²) in [5, 5.41) is 2.99. The molecule has 0 fully saturated rings. The van der Waals surface area contributed by atoms with Gasteiger partial charge in [-0.1, -0.05) is 46.8 Å². The van der Waals surface area contributed by atoms with Gasteiger partial charge in [-0.2, -0.15) is 0 Å². The van der Waals surface area contributed by atoms with Crippen LogP contribution < -0.4 is 11.1 Å². The third-order valence-electron chi connectivity index (χ3n) is 3.80. The van der Waals surface area contributed by atoms with Gasteiger partial charge in [0.25, 0.3) is 0 Å². The number of nitrogens with one attached hydrogen (secondary N) is 1. The summed E-state index contributed by atoms with van der Waals surface area (Å²) >= 11 is 5.06. The van der Waals surface area contributed by atoms with Gasteiger partial charge in [0.1, 0.15) is 0 Å². The van der Waals surface area contributed by atoms with Crippen molar-refractivity contribution in [2.24, 2.45) is 16.6 Å². The lowest BCUT2D eigenvalue weighted by Gasteiger charge is -2.31. The van der Waals surface area contributed by atoms with E-state index in [1.807, 2.05) is 13.8 Å². The van der Waals surface area contributed by atoms with Gasteiger partial charge in [-0.15, -0.1) is 0 Å². The average Bonchev–Trinajstić information content (AvgIpc) is 2.28. The maximum atomic E-state index is 12.3. The standard InChI is InChI=1S/C13H26N2OS/c1-6-12(4,5)9-15-11(16)13(7-2,8-3)10(14)17/h6-9H2,1-5H3,(H2,14,17)(H,15,16). The molecule has 0 aromatic heterocycles. The van der Waals surface area contributed by atoms with E-state index in [1.165, 1.54) is 0 Å². The molecular formula is C13H26N2OS. The molecule has 0 aliphatic heterocycles. The molecule has 0 aromatic carbocycles. The first-order chi connectivity index (χ1) is 7.75. The lowest BCUT2D eigenvalue weighted by Crippen LogP contribution is -2.50. The normalized spacial score (nSPS) is 12.3. The van der Waals surface area contributed by atoms with Crippen molar-refractivity contribution in [2.45, 2.75) is 53.9 Å². The zero-order valence-corrected chi connectivity index (χ0v) is 12.5. The third-order valence-corrected chi connectivity index (χ3v) is 4.19. The topological polar surface area (TPSA) is 55.1 Å². The molecule has 17 heavy (non-hydrogen) atoms. The predicted octanol–water partition coefficient (Wildman–Crippen LogP) is 2.63. The molecule has 100 valence electrons. The van der Waals surface area contributed by atoms with Crippen LogP contribution in [0, 0.1) is 10.8 Å². The first-order valence-electron chi connectivity index (χ1n) is 6.34. The Kier molecular flexibility index (Phi) is 6.10. The fourth-order valence-electron chi connectivity index (χ4n) is 1.65. The monoisotopic (exact) mass is 258 g/mol. The molecule has 3 N–H and O–H groups in total. The molecule has 0 rings (SSSR count). The van der Waals surface area contributed by atoms with E-state index in [4.69, 9.17) is 18.0 Å². The van der Waals surface area contributed by atoms with Crippen molar-refractivity contribution in [3.8, 4) is 0 Å². The first kappa shape index (κ1) is 16.4. The smallest absolute Gasteiger partial charge is 0.233 e. The van der Waals surface area contributed by atoms with Gasteiger partial charge >= 0.3 is 0 Å². The molecule has 0 saturated carbocycles. The van der Waals surface area contributed by atoms with Crippen molar-refractivity contribution in [3.05, 3.63) is 0 Å². The van der Waals surface area contributed by atoms with Gasteiger partial charge in [0, 0.05) is 6.54 Å². The highest BCUT2D eigenvalue weighted by atomic mass is 32.1. The number of rotatable bonds is 7. The Morgan fingerprint density at radius 3 is 1.94 bits per heavy atom. The summed E-state index contributed by atoms with van der Waals surface area (Å²) in [4.78, 5) is 12.6. The van der Waals surface area contributed by atoms with Crippen LogP contribution in [-0.4, -0.2) is 17.4 Å². The maximum absolute atomic E-state index is 12.3. The van der Waals surface area contributed by atoms with E-state index in [0.29, 0.717) is 24.4 Å². The minimum absolute atomic E-state index is 0.0310. The van der Waals surface area contributed by atoms with Gasteiger partial charge in [0.2, 0.25) is 5.91 Å². The Hall–Kier alpha value is -0.640. The number of nitrogens with two attached hydrogens (primary N) is 1.